The summed E-state index contributed by atoms with van der Waals surface area (Å²) in [6, 6.07) is 7.82. The molecular formula is C26H23F4N5O2. The first-order chi connectivity index (χ1) is 17.6. The standard InChI is InChI=1S/C26H23F4N5O2/c1-14-6-17(24(36)37)13-35(12-14)25-32-10-18(11-33-25)15-3-5-20(21(27)7-15)23-31-9-16-2-4-19(26(28,29)30)8-22(16)34-23/h2-5,7-8,10-11,14,17H,6,9,12-13H2,1H3,(H,31,34)(H,36,37). The van der Waals surface area contributed by atoms with E-state index < -0.39 is 29.4 Å². The Balaban J connectivity index is 1.33. The Bertz CT molecular complexity index is 1370. The Morgan fingerprint density at radius 1 is 1.08 bits per heavy atom. The third-order valence-corrected chi connectivity index (χ3v) is 6.59. The Morgan fingerprint density at radius 2 is 1.84 bits per heavy atom. The minimum Gasteiger partial charge on any atom is -0.481 e. The molecule has 2 aliphatic rings. The number of hydrogen-bond acceptors (Lipinski definition) is 6. The SMILES string of the molecule is CC1CC(C(=O)O)CN(c2ncc(-c3ccc(C4=NCc5ccc(C(F)(F)F)cc5N4)c(F)c3)cn2)C1. The van der Waals surface area contributed by atoms with Crippen molar-refractivity contribution < 1.29 is 27.5 Å². The molecule has 7 nitrogen and oxygen atoms in total. The molecule has 2 aromatic carbocycles. The van der Waals surface area contributed by atoms with Crippen molar-refractivity contribution in [3.63, 3.8) is 0 Å². The van der Waals surface area contributed by atoms with E-state index in [2.05, 4.69) is 20.3 Å². The van der Waals surface area contributed by atoms with Crippen LogP contribution in [-0.4, -0.2) is 40.0 Å². The first-order valence-corrected chi connectivity index (χ1v) is 11.7. The van der Waals surface area contributed by atoms with E-state index in [-0.39, 0.29) is 29.5 Å². The number of rotatable bonds is 4. The van der Waals surface area contributed by atoms with Crippen LogP contribution in [-0.2, 0) is 17.5 Å². The number of fused-ring (bicyclic) bond motifs is 1. The van der Waals surface area contributed by atoms with Gasteiger partial charge in [-0.25, -0.2) is 14.4 Å². The largest absolute Gasteiger partial charge is 0.481 e. The molecule has 2 N–H and O–H groups in total. The van der Waals surface area contributed by atoms with Gasteiger partial charge in [0, 0.05) is 36.7 Å². The summed E-state index contributed by atoms with van der Waals surface area (Å²) in [5.41, 5.74) is 1.24. The van der Waals surface area contributed by atoms with Gasteiger partial charge in [-0.3, -0.25) is 9.79 Å². The van der Waals surface area contributed by atoms with Gasteiger partial charge in [0.25, 0.3) is 0 Å². The second-order valence-corrected chi connectivity index (χ2v) is 9.41. The lowest BCUT2D eigenvalue weighted by molar-refractivity contribution is -0.142. The van der Waals surface area contributed by atoms with Crippen LogP contribution in [0.1, 0.15) is 30.0 Å². The maximum atomic E-state index is 15.1. The van der Waals surface area contributed by atoms with Gasteiger partial charge in [-0.2, -0.15) is 13.2 Å². The van der Waals surface area contributed by atoms with Crippen molar-refractivity contribution in [2.45, 2.75) is 26.1 Å². The van der Waals surface area contributed by atoms with Crippen LogP contribution >= 0.6 is 0 Å². The van der Waals surface area contributed by atoms with Crippen LogP contribution in [0.4, 0.5) is 29.2 Å². The third-order valence-electron chi connectivity index (χ3n) is 6.59. The van der Waals surface area contributed by atoms with E-state index in [1.807, 2.05) is 11.8 Å². The molecule has 1 saturated heterocycles. The van der Waals surface area contributed by atoms with Crippen molar-refractivity contribution in [3.05, 3.63) is 71.3 Å². The lowest BCUT2D eigenvalue weighted by Crippen LogP contribution is -2.43. The maximum Gasteiger partial charge on any atom is 0.416 e. The van der Waals surface area contributed by atoms with Gasteiger partial charge in [-0.1, -0.05) is 19.1 Å². The van der Waals surface area contributed by atoms with Gasteiger partial charge in [0.05, 0.1) is 23.6 Å². The third kappa shape index (κ3) is 5.11. The zero-order chi connectivity index (χ0) is 26.3. The first kappa shape index (κ1) is 24.7. The summed E-state index contributed by atoms with van der Waals surface area (Å²) in [6.45, 7) is 3.09. The van der Waals surface area contributed by atoms with Crippen LogP contribution < -0.4 is 10.2 Å². The zero-order valence-corrected chi connectivity index (χ0v) is 19.8. The second kappa shape index (κ2) is 9.45. The molecule has 3 aromatic rings. The lowest BCUT2D eigenvalue weighted by atomic mass is 9.91. The Morgan fingerprint density at radius 3 is 2.51 bits per heavy atom. The van der Waals surface area contributed by atoms with Gasteiger partial charge in [0.2, 0.25) is 5.95 Å². The molecule has 192 valence electrons. The minimum atomic E-state index is -4.49. The monoisotopic (exact) mass is 513 g/mol. The molecule has 0 radical (unpaired) electrons. The fraction of sp³-hybridized carbons (Fsp3) is 0.308. The smallest absolute Gasteiger partial charge is 0.416 e. The topological polar surface area (TPSA) is 90.7 Å². The summed E-state index contributed by atoms with van der Waals surface area (Å²) in [5, 5.41) is 12.2. The number of benzene rings is 2. The van der Waals surface area contributed by atoms with Crippen molar-refractivity contribution in [1.29, 1.82) is 0 Å². The molecule has 0 aliphatic carbocycles. The number of aliphatic carboxylic acids is 1. The minimum absolute atomic E-state index is 0.129. The van der Waals surface area contributed by atoms with Gasteiger partial charge in [0.1, 0.15) is 11.7 Å². The van der Waals surface area contributed by atoms with Gasteiger partial charge < -0.3 is 15.3 Å². The van der Waals surface area contributed by atoms with Crippen molar-refractivity contribution in [3.8, 4) is 11.1 Å². The summed E-state index contributed by atoms with van der Waals surface area (Å²) in [4.78, 5) is 26.3. The number of amidine groups is 1. The van der Waals surface area contributed by atoms with Crippen molar-refractivity contribution >= 4 is 23.4 Å². The Hall–Kier alpha value is -4.02. The highest BCUT2D eigenvalue weighted by Crippen LogP contribution is 2.34. The van der Waals surface area contributed by atoms with Crippen molar-refractivity contribution in [1.82, 2.24) is 9.97 Å². The highest BCUT2D eigenvalue weighted by Gasteiger charge is 2.32. The van der Waals surface area contributed by atoms with Gasteiger partial charge >= 0.3 is 12.1 Å². The molecule has 2 atom stereocenters. The van der Waals surface area contributed by atoms with E-state index in [0.717, 1.165) is 12.1 Å². The van der Waals surface area contributed by atoms with E-state index in [1.54, 1.807) is 18.5 Å². The number of hydrogen-bond donors (Lipinski definition) is 2. The number of carboxylic acid groups (broad SMARTS) is 1. The number of aliphatic imine (C=N–C) groups is 1. The highest BCUT2D eigenvalue weighted by molar-refractivity contribution is 6.10. The molecule has 2 unspecified atom stereocenters. The van der Waals surface area contributed by atoms with Crippen molar-refractivity contribution in [2.75, 3.05) is 23.3 Å². The van der Waals surface area contributed by atoms with E-state index in [0.29, 0.717) is 42.1 Å². The van der Waals surface area contributed by atoms with Crippen LogP contribution in [0, 0.1) is 17.7 Å². The second-order valence-electron chi connectivity index (χ2n) is 9.41. The fourth-order valence-electron chi connectivity index (χ4n) is 4.70. The number of alkyl halides is 3. The molecule has 0 spiro atoms. The van der Waals surface area contributed by atoms with Crippen LogP contribution in [0.5, 0.6) is 0 Å². The predicted molar refractivity (Wildman–Crippen MR) is 130 cm³/mol. The molecule has 3 heterocycles. The molecule has 2 aliphatic heterocycles. The first-order valence-electron chi connectivity index (χ1n) is 11.7. The summed E-state index contributed by atoms with van der Waals surface area (Å²) < 4.78 is 54.4. The van der Waals surface area contributed by atoms with E-state index in [9.17, 15) is 23.1 Å². The van der Waals surface area contributed by atoms with Gasteiger partial charge in [-0.15, -0.1) is 0 Å². The van der Waals surface area contributed by atoms with E-state index in [1.165, 1.54) is 18.2 Å². The van der Waals surface area contributed by atoms with Crippen LogP contribution in [0.15, 0.2) is 53.8 Å². The normalized spacial score (nSPS) is 19.6. The molecule has 37 heavy (non-hydrogen) atoms. The van der Waals surface area contributed by atoms with E-state index >= 15 is 4.39 Å². The molecule has 11 heteroatoms. The van der Waals surface area contributed by atoms with Gasteiger partial charge in [0.15, 0.2) is 0 Å². The lowest BCUT2D eigenvalue weighted by Gasteiger charge is -2.34. The number of halogens is 4. The molecular weight excluding hydrogens is 490 g/mol. The number of anilines is 2. The number of carbonyl (C=O) groups is 1. The summed E-state index contributed by atoms with van der Waals surface area (Å²) in [7, 11) is 0. The number of nitrogens with one attached hydrogen (secondary N) is 1. The molecule has 1 aromatic heterocycles. The number of aromatic nitrogens is 2. The van der Waals surface area contributed by atoms with Gasteiger partial charge in [-0.05, 0) is 47.7 Å². The predicted octanol–water partition coefficient (Wildman–Crippen LogP) is 5.22. The summed E-state index contributed by atoms with van der Waals surface area (Å²) in [5.74, 6) is -1.19. The summed E-state index contributed by atoms with van der Waals surface area (Å²) in [6.07, 6.45) is -0.779. The molecule has 0 amide bonds. The fourth-order valence-corrected chi connectivity index (χ4v) is 4.70. The van der Waals surface area contributed by atoms with Crippen LogP contribution in [0.3, 0.4) is 0 Å². The Labute approximate surface area is 209 Å². The average Bonchev–Trinajstić information content (AvgIpc) is 2.87. The maximum absolute atomic E-state index is 15.1. The van der Waals surface area contributed by atoms with E-state index in [4.69, 9.17) is 0 Å². The molecule has 5 rings (SSSR count). The quantitative estimate of drug-likeness (QED) is 0.465. The number of nitrogens with zero attached hydrogens (tertiary/aromatic N) is 4. The molecule has 0 bridgehead atoms. The van der Waals surface area contributed by atoms with Crippen LogP contribution in [0.25, 0.3) is 11.1 Å². The average molecular weight is 513 g/mol. The summed E-state index contributed by atoms with van der Waals surface area (Å²) >= 11 is 0. The van der Waals surface area contributed by atoms with Crippen LogP contribution in [0.2, 0.25) is 0 Å². The highest BCUT2D eigenvalue weighted by atomic mass is 19.4. The molecule has 1 fully saturated rings. The van der Waals surface area contributed by atoms with Crippen molar-refractivity contribution in [2.24, 2.45) is 16.8 Å². The molecule has 0 saturated carbocycles. The zero-order valence-electron chi connectivity index (χ0n) is 19.8. The number of piperidine rings is 1. The Kier molecular flexibility index (Phi) is 6.30. The number of carboxylic acids is 1.